The van der Waals surface area contributed by atoms with Crippen molar-refractivity contribution in [1.29, 1.82) is 0 Å². The van der Waals surface area contributed by atoms with Gasteiger partial charge in [-0.1, -0.05) is 23.2 Å². The summed E-state index contributed by atoms with van der Waals surface area (Å²) in [5.74, 6) is -5.02. The van der Waals surface area contributed by atoms with Gasteiger partial charge in [0.15, 0.2) is 0 Å². The van der Waals surface area contributed by atoms with Crippen molar-refractivity contribution in [1.82, 2.24) is 5.32 Å². The number of alkyl halides is 2. The highest BCUT2D eigenvalue weighted by Crippen LogP contribution is 2.24. The SMILES string of the molecule is NCC(F)(F)CNC(=O)c1cc(F)c(Cl)cc1Cl. The molecule has 0 fully saturated rings. The summed E-state index contributed by atoms with van der Waals surface area (Å²) < 4.78 is 38.7. The molecule has 0 bridgehead atoms. The first kappa shape index (κ1) is 15.1. The van der Waals surface area contributed by atoms with Crippen molar-refractivity contribution >= 4 is 29.1 Å². The molecule has 0 unspecified atom stereocenters. The fraction of sp³-hybridized carbons (Fsp3) is 0.300. The first-order chi connectivity index (χ1) is 8.26. The number of benzene rings is 1. The van der Waals surface area contributed by atoms with Gasteiger partial charge in [0.1, 0.15) is 5.82 Å². The number of nitrogens with one attached hydrogen (secondary N) is 1. The predicted octanol–water partition coefficient (Wildman–Crippen LogP) is 2.46. The first-order valence-electron chi connectivity index (χ1n) is 4.77. The van der Waals surface area contributed by atoms with E-state index < -0.39 is 30.7 Å². The highest BCUT2D eigenvalue weighted by Gasteiger charge is 2.27. The van der Waals surface area contributed by atoms with E-state index in [1.807, 2.05) is 5.32 Å². The second-order valence-corrected chi connectivity index (χ2v) is 4.30. The van der Waals surface area contributed by atoms with Gasteiger partial charge in [0.25, 0.3) is 11.8 Å². The average Bonchev–Trinajstić information content (AvgIpc) is 2.31. The number of rotatable bonds is 4. The minimum absolute atomic E-state index is 0.130. The third-order valence-corrected chi connectivity index (χ3v) is 2.66. The number of carbonyl (C=O) groups is 1. The Morgan fingerprint density at radius 3 is 2.50 bits per heavy atom. The second-order valence-electron chi connectivity index (χ2n) is 3.49. The summed E-state index contributed by atoms with van der Waals surface area (Å²) in [5.41, 5.74) is 4.53. The third-order valence-electron chi connectivity index (χ3n) is 2.06. The molecule has 0 atom stereocenters. The number of carbonyl (C=O) groups excluding carboxylic acids is 1. The van der Waals surface area contributed by atoms with Crippen LogP contribution in [0.1, 0.15) is 10.4 Å². The Labute approximate surface area is 111 Å². The molecular formula is C10H9Cl2F3N2O. The summed E-state index contributed by atoms with van der Waals surface area (Å²) >= 11 is 11.1. The van der Waals surface area contributed by atoms with Crippen LogP contribution < -0.4 is 11.1 Å². The van der Waals surface area contributed by atoms with Gasteiger partial charge >= 0.3 is 0 Å². The van der Waals surface area contributed by atoms with E-state index in [4.69, 9.17) is 28.9 Å². The van der Waals surface area contributed by atoms with Crippen molar-refractivity contribution < 1.29 is 18.0 Å². The fourth-order valence-electron chi connectivity index (χ4n) is 1.07. The van der Waals surface area contributed by atoms with Gasteiger partial charge in [0, 0.05) is 0 Å². The van der Waals surface area contributed by atoms with Crippen molar-refractivity contribution in [3.05, 3.63) is 33.6 Å². The van der Waals surface area contributed by atoms with E-state index >= 15 is 0 Å². The van der Waals surface area contributed by atoms with E-state index in [2.05, 4.69) is 0 Å². The summed E-state index contributed by atoms with van der Waals surface area (Å²) in [4.78, 5) is 11.5. The largest absolute Gasteiger partial charge is 0.346 e. The van der Waals surface area contributed by atoms with E-state index in [1.54, 1.807) is 0 Å². The predicted molar refractivity (Wildman–Crippen MR) is 62.8 cm³/mol. The van der Waals surface area contributed by atoms with Crippen molar-refractivity contribution in [3.63, 3.8) is 0 Å². The van der Waals surface area contributed by atoms with E-state index in [9.17, 15) is 18.0 Å². The normalized spacial score (nSPS) is 11.4. The number of hydrogen-bond acceptors (Lipinski definition) is 2. The van der Waals surface area contributed by atoms with Crippen LogP contribution in [0.15, 0.2) is 12.1 Å². The molecule has 0 saturated carbocycles. The summed E-state index contributed by atoms with van der Waals surface area (Å²) in [6.45, 7) is -1.86. The van der Waals surface area contributed by atoms with Crippen LogP contribution >= 0.6 is 23.2 Å². The molecule has 0 aliphatic carbocycles. The summed E-state index contributed by atoms with van der Waals surface area (Å²) in [5, 5.41) is 1.52. The molecule has 0 aromatic heterocycles. The Balaban J connectivity index is 2.82. The minimum Gasteiger partial charge on any atom is -0.346 e. The van der Waals surface area contributed by atoms with E-state index in [0.717, 1.165) is 12.1 Å². The lowest BCUT2D eigenvalue weighted by Crippen LogP contribution is -2.41. The summed E-state index contributed by atoms with van der Waals surface area (Å²) in [6, 6.07) is 1.80. The van der Waals surface area contributed by atoms with Gasteiger partial charge in [0.05, 0.1) is 28.7 Å². The van der Waals surface area contributed by atoms with Crippen LogP contribution in [-0.4, -0.2) is 24.9 Å². The van der Waals surface area contributed by atoms with Crippen LogP contribution in [0.4, 0.5) is 13.2 Å². The Kier molecular flexibility index (Phi) is 4.84. The lowest BCUT2D eigenvalue weighted by atomic mass is 10.2. The van der Waals surface area contributed by atoms with Gasteiger partial charge in [0.2, 0.25) is 0 Å². The quantitative estimate of drug-likeness (QED) is 0.839. The maximum atomic E-state index is 13.1. The second kappa shape index (κ2) is 5.77. The molecule has 8 heteroatoms. The Morgan fingerprint density at radius 1 is 1.33 bits per heavy atom. The first-order valence-corrected chi connectivity index (χ1v) is 5.53. The third kappa shape index (κ3) is 3.76. The van der Waals surface area contributed by atoms with E-state index in [0.29, 0.717) is 0 Å². The minimum atomic E-state index is -3.23. The highest BCUT2D eigenvalue weighted by molar-refractivity contribution is 6.36. The van der Waals surface area contributed by atoms with Gasteiger partial charge in [-0.25, -0.2) is 13.2 Å². The maximum absolute atomic E-state index is 13.1. The molecule has 3 N–H and O–H groups in total. The van der Waals surface area contributed by atoms with Crippen LogP contribution in [-0.2, 0) is 0 Å². The van der Waals surface area contributed by atoms with Gasteiger partial charge in [-0.15, -0.1) is 0 Å². The van der Waals surface area contributed by atoms with E-state index in [1.165, 1.54) is 0 Å². The monoisotopic (exact) mass is 300 g/mol. The van der Waals surface area contributed by atoms with Gasteiger partial charge < -0.3 is 11.1 Å². The van der Waals surface area contributed by atoms with Crippen molar-refractivity contribution in [3.8, 4) is 0 Å². The molecule has 1 aromatic carbocycles. The molecule has 0 heterocycles. The fourth-order valence-corrected chi connectivity index (χ4v) is 1.54. The zero-order valence-electron chi connectivity index (χ0n) is 8.94. The molecule has 100 valence electrons. The maximum Gasteiger partial charge on any atom is 0.277 e. The van der Waals surface area contributed by atoms with Crippen LogP contribution in [0.2, 0.25) is 10.0 Å². The molecule has 3 nitrogen and oxygen atoms in total. The molecule has 0 radical (unpaired) electrons. The summed E-state index contributed by atoms with van der Waals surface area (Å²) in [7, 11) is 0. The Bertz CT molecular complexity index is 469. The molecule has 1 amide bonds. The van der Waals surface area contributed by atoms with Gasteiger partial charge in [-0.2, -0.15) is 0 Å². The lowest BCUT2D eigenvalue weighted by molar-refractivity contribution is 0.0118. The molecule has 0 aliphatic rings. The molecular weight excluding hydrogens is 292 g/mol. The number of hydrogen-bond donors (Lipinski definition) is 2. The van der Waals surface area contributed by atoms with Crippen molar-refractivity contribution in [2.45, 2.75) is 5.92 Å². The Hall–Kier alpha value is -0.980. The molecule has 0 saturated heterocycles. The van der Waals surface area contributed by atoms with E-state index in [-0.39, 0.29) is 15.6 Å². The standard InChI is InChI=1S/C10H9Cl2F3N2O/c11-6-2-7(12)8(13)1-5(6)9(18)17-4-10(14,15)3-16/h1-2H,3-4,16H2,(H,17,18). The summed E-state index contributed by atoms with van der Waals surface area (Å²) in [6.07, 6.45) is 0. The Morgan fingerprint density at radius 2 is 1.94 bits per heavy atom. The molecule has 0 aliphatic heterocycles. The zero-order chi connectivity index (χ0) is 13.9. The number of nitrogens with two attached hydrogens (primary N) is 1. The van der Waals surface area contributed by atoms with Crippen LogP contribution in [0, 0.1) is 5.82 Å². The molecule has 0 spiro atoms. The van der Waals surface area contributed by atoms with Gasteiger partial charge in [-0.05, 0) is 12.1 Å². The van der Waals surface area contributed by atoms with Crippen LogP contribution in [0.5, 0.6) is 0 Å². The van der Waals surface area contributed by atoms with Crippen LogP contribution in [0.3, 0.4) is 0 Å². The molecule has 18 heavy (non-hydrogen) atoms. The number of amides is 1. The van der Waals surface area contributed by atoms with Crippen LogP contribution in [0.25, 0.3) is 0 Å². The topological polar surface area (TPSA) is 55.1 Å². The zero-order valence-corrected chi connectivity index (χ0v) is 10.5. The average molecular weight is 301 g/mol. The number of halogens is 5. The lowest BCUT2D eigenvalue weighted by Gasteiger charge is -2.15. The molecule has 1 aromatic rings. The smallest absolute Gasteiger partial charge is 0.277 e. The van der Waals surface area contributed by atoms with Gasteiger partial charge in [-0.3, -0.25) is 4.79 Å². The highest BCUT2D eigenvalue weighted by atomic mass is 35.5. The van der Waals surface area contributed by atoms with Crippen molar-refractivity contribution in [2.75, 3.05) is 13.1 Å². The molecule has 1 rings (SSSR count). The van der Waals surface area contributed by atoms with Crippen molar-refractivity contribution in [2.24, 2.45) is 5.73 Å².